The highest BCUT2D eigenvalue weighted by Gasteiger charge is 2.31. The van der Waals surface area contributed by atoms with E-state index >= 15 is 0 Å². The summed E-state index contributed by atoms with van der Waals surface area (Å²) in [5.41, 5.74) is 7.28. The average Bonchev–Trinajstić information content (AvgIpc) is 2.70. The third-order valence-corrected chi connectivity index (χ3v) is 3.77. The number of halogens is 2. The van der Waals surface area contributed by atoms with Gasteiger partial charge >= 0.3 is 0 Å². The first kappa shape index (κ1) is 16.4. The van der Waals surface area contributed by atoms with E-state index in [9.17, 15) is 14.3 Å². The number of hydrogen-bond acceptors (Lipinski definition) is 5. The molecule has 0 saturated carbocycles. The molecule has 1 aromatic carbocycles. The summed E-state index contributed by atoms with van der Waals surface area (Å²) in [7, 11) is 0. The molecule has 0 bridgehead atoms. The standard InChI is InChI=1S/C13H14ClFN4O3/c14-10-2-1-8(5-11(10)15)12-9(6-17-18-16)7-19(13(20)21)3-4-22-12/h1-2,5,9,12,16H,3-4,6-7H2/t9-,12+/m1/s1. The maximum absolute atomic E-state index is 13.6. The van der Waals surface area contributed by atoms with E-state index < -0.39 is 23.9 Å². The number of rotatable bonds is 3. The van der Waals surface area contributed by atoms with Crippen LogP contribution in [0.15, 0.2) is 23.3 Å². The molecule has 1 aliphatic rings. The van der Waals surface area contributed by atoms with Gasteiger partial charge in [-0.1, -0.05) is 17.7 Å². The predicted molar refractivity (Wildman–Crippen MR) is 72.7 cm³/mol. The normalized spacial score (nSPS) is 21.8. The van der Waals surface area contributed by atoms with Crippen LogP contribution >= 0.6 is 11.6 Å². The van der Waals surface area contributed by atoms with Gasteiger partial charge in [-0.15, -0.1) is 0 Å². The Morgan fingerprint density at radius 3 is 3.05 bits per heavy atom. The summed E-state index contributed by atoms with van der Waals surface area (Å²) in [5, 5.41) is 14.7. The monoisotopic (exact) mass is 328 g/mol. The van der Waals surface area contributed by atoms with Gasteiger partial charge in [0.1, 0.15) is 29.1 Å². The summed E-state index contributed by atoms with van der Waals surface area (Å²) in [4.78, 5) is 15.1. The van der Waals surface area contributed by atoms with Crippen molar-refractivity contribution in [2.75, 3.05) is 26.2 Å². The largest absolute Gasteiger partial charge is 0.530 e. The van der Waals surface area contributed by atoms with Crippen LogP contribution in [0.5, 0.6) is 0 Å². The van der Waals surface area contributed by atoms with Crippen LogP contribution < -0.4 is 10.0 Å². The second-order valence-electron chi connectivity index (χ2n) is 4.86. The first-order valence-corrected chi connectivity index (χ1v) is 6.96. The van der Waals surface area contributed by atoms with E-state index in [4.69, 9.17) is 21.9 Å². The zero-order valence-electron chi connectivity index (χ0n) is 11.5. The minimum atomic E-state index is -1.31. The van der Waals surface area contributed by atoms with Crippen molar-refractivity contribution >= 4 is 17.7 Å². The van der Waals surface area contributed by atoms with Crippen molar-refractivity contribution in [3.05, 3.63) is 34.6 Å². The van der Waals surface area contributed by atoms with Crippen molar-refractivity contribution < 1.29 is 19.0 Å². The fourth-order valence-electron chi connectivity index (χ4n) is 2.42. The van der Waals surface area contributed by atoms with Crippen molar-refractivity contribution in [3.8, 4) is 0 Å². The number of nitrogens with one attached hydrogen (secondary N) is 1. The Morgan fingerprint density at radius 1 is 1.64 bits per heavy atom. The number of carbonyl (C=O) groups is 1. The Hall–Kier alpha value is -2.02. The van der Waals surface area contributed by atoms with Gasteiger partial charge in [-0.25, -0.2) is 4.39 Å². The number of amides is 1. The zero-order chi connectivity index (χ0) is 16.1. The molecule has 1 N–H and O–H groups in total. The minimum absolute atomic E-state index is 0.00358. The fourth-order valence-corrected chi connectivity index (χ4v) is 2.54. The van der Waals surface area contributed by atoms with Gasteiger partial charge in [-0.2, -0.15) is 0 Å². The topological polar surface area (TPSA) is 103 Å². The van der Waals surface area contributed by atoms with Gasteiger partial charge in [0.05, 0.1) is 17.7 Å². The molecule has 1 fully saturated rings. The maximum atomic E-state index is 13.6. The quantitative estimate of drug-likeness (QED) is 0.669. The van der Waals surface area contributed by atoms with E-state index in [1.165, 1.54) is 12.1 Å². The molecular weight excluding hydrogens is 315 g/mol. The van der Waals surface area contributed by atoms with Crippen LogP contribution in [0.25, 0.3) is 0 Å². The third kappa shape index (κ3) is 3.79. The molecule has 9 heteroatoms. The van der Waals surface area contributed by atoms with Crippen LogP contribution in [0.3, 0.4) is 0 Å². The second-order valence-corrected chi connectivity index (χ2v) is 5.27. The number of ether oxygens (including phenoxy) is 1. The van der Waals surface area contributed by atoms with Gasteiger partial charge in [-0.05, 0) is 17.7 Å². The van der Waals surface area contributed by atoms with Crippen molar-refractivity contribution in [3.63, 3.8) is 0 Å². The van der Waals surface area contributed by atoms with Crippen LogP contribution in [-0.4, -0.2) is 37.2 Å². The summed E-state index contributed by atoms with van der Waals surface area (Å²) in [5.74, 6) is -0.986. The molecule has 2 rings (SSSR count). The lowest BCUT2D eigenvalue weighted by Gasteiger charge is -2.27. The lowest BCUT2D eigenvalue weighted by atomic mass is 9.95. The summed E-state index contributed by atoms with van der Waals surface area (Å²) >= 11 is 5.67. The Morgan fingerprint density at radius 2 is 2.41 bits per heavy atom. The molecule has 2 atom stereocenters. The van der Waals surface area contributed by atoms with E-state index in [1.807, 2.05) is 0 Å². The lowest BCUT2D eigenvalue weighted by Crippen LogP contribution is -2.44. The highest BCUT2D eigenvalue weighted by atomic mass is 35.5. The highest BCUT2D eigenvalue weighted by Crippen LogP contribution is 2.31. The lowest BCUT2D eigenvalue weighted by molar-refractivity contribution is -0.265. The Kier molecular flexibility index (Phi) is 5.43. The number of hydrogen-bond donors (Lipinski definition) is 1. The van der Waals surface area contributed by atoms with Crippen molar-refractivity contribution in [1.29, 1.82) is 5.53 Å². The number of carbonyl (C=O) groups excluding carboxylic acids is 1. The molecule has 1 heterocycles. The van der Waals surface area contributed by atoms with E-state index in [-0.39, 0.29) is 31.3 Å². The van der Waals surface area contributed by atoms with Gasteiger partial charge in [0.2, 0.25) is 4.91 Å². The molecule has 0 radical (unpaired) electrons. The molecule has 7 nitrogen and oxygen atoms in total. The van der Waals surface area contributed by atoms with Crippen LogP contribution in [-0.2, 0) is 4.74 Å². The summed E-state index contributed by atoms with van der Waals surface area (Å²) in [6, 6.07) is 4.29. The smallest absolute Gasteiger partial charge is 0.214 e. The van der Waals surface area contributed by atoms with Gasteiger partial charge < -0.3 is 19.5 Å². The van der Waals surface area contributed by atoms with Crippen molar-refractivity contribution in [1.82, 2.24) is 9.81 Å². The fraction of sp³-hybridized carbons (Fsp3) is 0.462. The van der Waals surface area contributed by atoms with E-state index in [0.717, 1.165) is 4.90 Å². The number of carboxylic acid groups (broad SMARTS) is 1. The van der Waals surface area contributed by atoms with E-state index in [2.05, 4.69) is 10.0 Å². The number of benzene rings is 1. The molecule has 1 amide bonds. The Balaban J connectivity index is 2.30. The van der Waals surface area contributed by atoms with E-state index in [1.54, 1.807) is 6.07 Å². The molecular formula is C13H14ClFN4O3. The van der Waals surface area contributed by atoms with Gasteiger partial charge in [0.25, 0.3) is 0 Å². The highest BCUT2D eigenvalue weighted by molar-refractivity contribution is 6.30. The molecule has 1 saturated heterocycles. The van der Waals surface area contributed by atoms with Gasteiger partial charge in [-0.3, -0.25) is 0 Å². The summed E-state index contributed by atoms with van der Waals surface area (Å²) in [6.07, 6.45) is -1.87. The minimum Gasteiger partial charge on any atom is -0.530 e. The summed E-state index contributed by atoms with van der Waals surface area (Å²) in [6.45, 7) is 0.499. The SMILES string of the molecule is N=[N+]=NC[C@@H]1CN(C(=O)[O-])CCO[C@H]1c1ccc(Cl)c(F)c1. The summed E-state index contributed by atoms with van der Waals surface area (Å²) < 4.78 is 19.3. The molecule has 0 unspecified atom stereocenters. The molecule has 0 spiro atoms. The van der Waals surface area contributed by atoms with Crippen LogP contribution in [0, 0.1) is 17.3 Å². The first-order valence-electron chi connectivity index (χ1n) is 6.58. The third-order valence-electron chi connectivity index (χ3n) is 3.46. The molecule has 118 valence electrons. The van der Waals surface area contributed by atoms with Crippen molar-refractivity contribution in [2.45, 2.75) is 6.10 Å². The molecule has 22 heavy (non-hydrogen) atoms. The molecule has 0 aliphatic carbocycles. The molecule has 0 aromatic heterocycles. The predicted octanol–water partition coefficient (Wildman–Crippen LogP) is 1.36. The average molecular weight is 329 g/mol. The Labute approximate surface area is 130 Å². The maximum Gasteiger partial charge on any atom is 0.214 e. The van der Waals surface area contributed by atoms with Crippen LogP contribution in [0.4, 0.5) is 9.18 Å². The molecule has 1 aliphatic heterocycles. The van der Waals surface area contributed by atoms with Crippen LogP contribution in [0.2, 0.25) is 5.02 Å². The van der Waals surface area contributed by atoms with Gasteiger partial charge in [0, 0.05) is 19.0 Å². The van der Waals surface area contributed by atoms with Crippen molar-refractivity contribution in [2.24, 2.45) is 11.0 Å². The number of nitrogens with zero attached hydrogens (tertiary/aromatic N) is 3. The Bertz CT molecular complexity index is 609. The van der Waals surface area contributed by atoms with Gasteiger partial charge in [0.15, 0.2) is 0 Å². The van der Waals surface area contributed by atoms with E-state index in [0.29, 0.717) is 5.56 Å². The molecule has 1 aromatic rings. The first-order chi connectivity index (χ1) is 10.5. The van der Waals surface area contributed by atoms with Crippen LogP contribution in [0.1, 0.15) is 11.7 Å². The second kappa shape index (κ2) is 7.31. The zero-order valence-corrected chi connectivity index (χ0v) is 12.3.